The van der Waals surface area contributed by atoms with Crippen molar-refractivity contribution >= 4 is 22.6 Å². The average molecular weight is 419 g/mol. The normalized spacial score (nSPS) is 16.9. The predicted molar refractivity (Wildman–Crippen MR) is 122 cm³/mol. The number of hydrogen-bond acceptors (Lipinski definition) is 6. The summed E-state index contributed by atoms with van der Waals surface area (Å²) in [5.74, 6) is 1.64. The molecule has 2 aromatic heterocycles. The number of rotatable bonds is 6. The van der Waals surface area contributed by atoms with Gasteiger partial charge in [-0.15, -0.1) is 0 Å². The second-order valence-electron chi connectivity index (χ2n) is 8.20. The molecular formula is C24H30N6O. The van der Waals surface area contributed by atoms with E-state index in [1.54, 1.807) is 18.9 Å². The number of piperidine rings is 1. The topological polar surface area (TPSA) is 74.2 Å². The fourth-order valence-electron chi connectivity index (χ4n) is 4.23. The van der Waals surface area contributed by atoms with E-state index in [1.807, 2.05) is 25.4 Å². The molecule has 0 bridgehead atoms. The minimum absolute atomic E-state index is 0.0232. The molecule has 1 aliphatic heterocycles. The lowest BCUT2D eigenvalue weighted by Crippen LogP contribution is -2.34. The fraction of sp³-hybridized carbons (Fsp3) is 0.417. The lowest BCUT2D eigenvalue weighted by molar-refractivity contribution is -0.128. The first kappa shape index (κ1) is 21.2. The van der Waals surface area contributed by atoms with Crippen LogP contribution < -0.4 is 5.32 Å². The van der Waals surface area contributed by atoms with Crippen LogP contribution in [0, 0.1) is 0 Å². The number of fused-ring (bicyclic) bond motifs is 1. The third kappa shape index (κ3) is 4.82. The highest BCUT2D eigenvalue weighted by Crippen LogP contribution is 2.32. The molecular weight excluding hydrogens is 388 g/mol. The number of benzene rings is 1. The molecule has 162 valence electrons. The maximum atomic E-state index is 11.7. The number of carbonyl (C=O) groups is 1. The number of aromatic nitrogens is 3. The molecule has 3 aromatic rings. The van der Waals surface area contributed by atoms with E-state index in [-0.39, 0.29) is 11.9 Å². The minimum Gasteiger partial charge on any atom is -0.373 e. The van der Waals surface area contributed by atoms with Gasteiger partial charge < -0.3 is 10.2 Å². The summed E-state index contributed by atoms with van der Waals surface area (Å²) in [6, 6.07) is 12.5. The molecule has 1 atom stereocenters. The predicted octanol–water partition coefficient (Wildman–Crippen LogP) is 3.77. The summed E-state index contributed by atoms with van der Waals surface area (Å²) in [6.07, 6.45) is 5.20. The smallest absolute Gasteiger partial charge is 0.219 e. The van der Waals surface area contributed by atoms with Crippen LogP contribution in [0.2, 0.25) is 0 Å². The van der Waals surface area contributed by atoms with E-state index in [0.717, 1.165) is 48.8 Å². The Morgan fingerprint density at radius 1 is 1.23 bits per heavy atom. The van der Waals surface area contributed by atoms with E-state index in [9.17, 15) is 4.79 Å². The van der Waals surface area contributed by atoms with Gasteiger partial charge in [0.1, 0.15) is 11.6 Å². The molecule has 1 amide bonds. The van der Waals surface area contributed by atoms with Crippen LogP contribution in [-0.4, -0.2) is 51.3 Å². The second kappa shape index (κ2) is 9.39. The monoisotopic (exact) mass is 418 g/mol. The molecule has 1 aliphatic rings. The number of carbonyl (C=O) groups excluding carboxylic acids is 1. The number of amides is 1. The van der Waals surface area contributed by atoms with E-state index < -0.39 is 0 Å². The molecule has 1 saturated heterocycles. The first-order valence-corrected chi connectivity index (χ1v) is 10.9. The van der Waals surface area contributed by atoms with Gasteiger partial charge in [-0.3, -0.25) is 14.7 Å². The van der Waals surface area contributed by atoms with Gasteiger partial charge in [0.25, 0.3) is 0 Å². The molecule has 1 aromatic carbocycles. The van der Waals surface area contributed by atoms with Crippen LogP contribution in [0.4, 0.5) is 5.82 Å². The summed E-state index contributed by atoms with van der Waals surface area (Å²) in [5, 5.41) is 4.35. The van der Waals surface area contributed by atoms with Crippen LogP contribution in [0.25, 0.3) is 10.9 Å². The summed E-state index contributed by atoms with van der Waals surface area (Å²) in [7, 11) is 3.66. The van der Waals surface area contributed by atoms with Gasteiger partial charge in [-0.2, -0.15) is 0 Å². The quantitative estimate of drug-likeness (QED) is 0.657. The maximum Gasteiger partial charge on any atom is 0.219 e. The molecule has 1 N–H and O–H groups in total. The van der Waals surface area contributed by atoms with Crippen LogP contribution in [0.3, 0.4) is 0 Å². The van der Waals surface area contributed by atoms with Crippen molar-refractivity contribution in [1.82, 2.24) is 24.8 Å². The number of anilines is 1. The zero-order valence-corrected chi connectivity index (χ0v) is 18.5. The highest BCUT2D eigenvalue weighted by Gasteiger charge is 2.27. The first-order chi connectivity index (χ1) is 15.0. The van der Waals surface area contributed by atoms with Crippen molar-refractivity contribution in [2.24, 2.45) is 0 Å². The zero-order chi connectivity index (χ0) is 21.8. The molecule has 0 saturated carbocycles. The Balaban J connectivity index is 1.64. The Kier molecular flexibility index (Phi) is 6.42. The third-order valence-electron chi connectivity index (χ3n) is 6.01. The van der Waals surface area contributed by atoms with Crippen LogP contribution in [0.1, 0.15) is 49.3 Å². The van der Waals surface area contributed by atoms with E-state index in [4.69, 9.17) is 9.97 Å². The van der Waals surface area contributed by atoms with E-state index in [0.29, 0.717) is 6.54 Å². The van der Waals surface area contributed by atoms with Gasteiger partial charge in [-0.25, -0.2) is 9.97 Å². The van der Waals surface area contributed by atoms with E-state index in [2.05, 4.69) is 39.5 Å². The summed E-state index contributed by atoms with van der Waals surface area (Å²) in [4.78, 5) is 30.1. The van der Waals surface area contributed by atoms with Crippen molar-refractivity contribution in [3.63, 3.8) is 0 Å². The summed E-state index contributed by atoms with van der Waals surface area (Å²) < 4.78 is 0. The van der Waals surface area contributed by atoms with Gasteiger partial charge in [-0.1, -0.05) is 24.6 Å². The molecule has 1 fully saturated rings. The molecule has 0 unspecified atom stereocenters. The fourth-order valence-corrected chi connectivity index (χ4v) is 4.23. The van der Waals surface area contributed by atoms with Crippen molar-refractivity contribution in [3.8, 4) is 0 Å². The Hall–Kier alpha value is -3.06. The molecule has 7 heteroatoms. The van der Waals surface area contributed by atoms with Crippen molar-refractivity contribution in [1.29, 1.82) is 0 Å². The van der Waals surface area contributed by atoms with Crippen LogP contribution >= 0.6 is 0 Å². The van der Waals surface area contributed by atoms with Gasteiger partial charge in [-0.05, 0) is 37.1 Å². The first-order valence-electron chi connectivity index (χ1n) is 10.9. The third-order valence-corrected chi connectivity index (χ3v) is 6.01. The van der Waals surface area contributed by atoms with Crippen molar-refractivity contribution in [2.75, 3.05) is 26.0 Å². The van der Waals surface area contributed by atoms with Crippen LogP contribution in [-0.2, 0) is 17.9 Å². The van der Waals surface area contributed by atoms with Gasteiger partial charge in [0.15, 0.2) is 0 Å². The maximum absolute atomic E-state index is 11.7. The molecule has 31 heavy (non-hydrogen) atoms. The molecule has 0 radical (unpaired) electrons. The highest BCUT2D eigenvalue weighted by atomic mass is 16.2. The lowest BCUT2D eigenvalue weighted by atomic mass is 9.99. The van der Waals surface area contributed by atoms with Crippen molar-refractivity contribution in [3.05, 3.63) is 59.7 Å². The zero-order valence-electron chi connectivity index (χ0n) is 18.5. The number of hydrogen-bond donors (Lipinski definition) is 1. The number of nitrogens with zero attached hydrogens (tertiary/aromatic N) is 5. The van der Waals surface area contributed by atoms with Gasteiger partial charge in [0, 0.05) is 45.2 Å². The SMILES string of the molecule is CNc1cc(CN(C)C(C)=O)nc([C@H]2CCCCN2Cc2cccc3ncccc23)n1. The highest BCUT2D eigenvalue weighted by molar-refractivity contribution is 5.81. The molecule has 4 rings (SSSR count). The minimum atomic E-state index is 0.0232. The van der Waals surface area contributed by atoms with Gasteiger partial charge in [0.2, 0.25) is 5.91 Å². The second-order valence-corrected chi connectivity index (χ2v) is 8.20. The lowest BCUT2D eigenvalue weighted by Gasteiger charge is -2.35. The van der Waals surface area contributed by atoms with Crippen molar-refractivity contribution < 1.29 is 4.79 Å². The Bertz CT molecular complexity index is 1060. The molecule has 7 nitrogen and oxygen atoms in total. The number of likely N-dealkylation sites (tertiary alicyclic amines) is 1. The molecule has 0 spiro atoms. The van der Waals surface area contributed by atoms with Crippen molar-refractivity contribution in [2.45, 2.75) is 45.3 Å². The largest absolute Gasteiger partial charge is 0.373 e. The Labute approximate surface area is 183 Å². The molecule has 3 heterocycles. The Morgan fingerprint density at radius 2 is 2.10 bits per heavy atom. The summed E-state index contributed by atoms with van der Waals surface area (Å²) in [6.45, 7) is 3.89. The summed E-state index contributed by atoms with van der Waals surface area (Å²) in [5.41, 5.74) is 3.15. The van der Waals surface area contributed by atoms with Crippen LogP contribution in [0.15, 0.2) is 42.6 Å². The number of pyridine rings is 1. The Morgan fingerprint density at radius 3 is 2.90 bits per heavy atom. The number of nitrogens with one attached hydrogen (secondary N) is 1. The molecule has 0 aliphatic carbocycles. The van der Waals surface area contributed by atoms with E-state index >= 15 is 0 Å². The van der Waals surface area contributed by atoms with Gasteiger partial charge >= 0.3 is 0 Å². The average Bonchev–Trinajstić information content (AvgIpc) is 2.79. The standard InChI is InChI=1S/C24H30N6O/c1-17(31)29(3)16-19-14-23(25-2)28-24(27-19)22-11-4-5-13-30(22)15-18-8-6-10-21-20(18)9-7-12-26-21/h6-10,12,14,22H,4-5,11,13,15-16H2,1-3H3,(H,25,27,28)/t22-/m1/s1. The van der Waals surface area contributed by atoms with Gasteiger partial charge in [0.05, 0.1) is 23.8 Å². The van der Waals surface area contributed by atoms with E-state index in [1.165, 1.54) is 17.4 Å². The van der Waals surface area contributed by atoms with Crippen LogP contribution in [0.5, 0.6) is 0 Å². The summed E-state index contributed by atoms with van der Waals surface area (Å²) >= 11 is 0.